The number of benzene rings is 3. The molecule has 1 atom stereocenters. The summed E-state index contributed by atoms with van der Waals surface area (Å²) in [6.45, 7) is 8.09. The third kappa shape index (κ3) is 6.01. The van der Waals surface area contributed by atoms with Crippen LogP contribution in [0.2, 0.25) is 0 Å². The number of aliphatic hydroxyl groups excluding tert-OH is 1. The van der Waals surface area contributed by atoms with E-state index in [0.717, 1.165) is 12.0 Å². The van der Waals surface area contributed by atoms with Gasteiger partial charge < -0.3 is 29.0 Å². The molecule has 8 nitrogen and oxygen atoms in total. The van der Waals surface area contributed by atoms with E-state index in [2.05, 4.69) is 13.8 Å². The van der Waals surface area contributed by atoms with Crippen molar-refractivity contribution in [1.29, 1.82) is 0 Å². The molecule has 1 saturated heterocycles. The summed E-state index contributed by atoms with van der Waals surface area (Å²) in [7, 11) is 0. The maximum absolute atomic E-state index is 13.6. The van der Waals surface area contributed by atoms with Crippen LogP contribution in [0, 0.1) is 5.92 Å². The number of nitrogens with zero attached hydrogens (tertiary/aromatic N) is 1. The first kappa shape index (κ1) is 28.1. The monoisotopic (exact) mass is 557 g/mol. The Morgan fingerprint density at radius 1 is 0.951 bits per heavy atom. The van der Waals surface area contributed by atoms with Gasteiger partial charge in [0, 0.05) is 12.1 Å². The molecular formula is C33H35NO7. The first-order valence-electron chi connectivity index (χ1n) is 14.0. The molecule has 1 fully saturated rings. The summed E-state index contributed by atoms with van der Waals surface area (Å²) in [5.74, 6) is 0.891. The molecule has 0 aromatic heterocycles. The second-order valence-corrected chi connectivity index (χ2v) is 10.4. The van der Waals surface area contributed by atoms with Crippen LogP contribution in [0.25, 0.3) is 5.76 Å². The minimum Gasteiger partial charge on any atom is -0.507 e. The summed E-state index contributed by atoms with van der Waals surface area (Å²) >= 11 is 0. The highest BCUT2D eigenvalue weighted by Crippen LogP contribution is 2.43. The molecule has 0 unspecified atom stereocenters. The van der Waals surface area contributed by atoms with Crippen molar-refractivity contribution < 1.29 is 33.6 Å². The normalized spacial score (nSPS) is 17.7. The van der Waals surface area contributed by atoms with Crippen molar-refractivity contribution in [2.45, 2.75) is 39.8 Å². The zero-order valence-corrected chi connectivity index (χ0v) is 23.6. The summed E-state index contributed by atoms with van der Waals surface area (Å²) in [5, 5.41) is 11.5. The number of likely N-dealkylation sites (tertiary alicyclic amines) is 1. The van der Waals surface area contributed by atoms with Gasteiger partial charge in [-0.15, -0.1) is 0 Å². The van der Waals surface area contributed by atoms with Gasteiger partial charge in [-0.2, -0.15) is 0 Å². The lowest BCUT2D eigenvalue weighted by molar-refractivity contribution is -0.140. The zero-order chi connectivity index (χ0) is 28.9. The van der Waals surface area contributed by atoms with Gasteiger partial charge in [-0.3, -0.25) is 9.59 Å². The maximum Gasteiger partial charge on any atom is 0.295 e. The van der Waals surface area contributed by atoms with Gasteiger partial charge in [0.1, 0.15) is 19.0 Å². The van der Waals surface area contributed by atoms with Gasteiger partial charge in [0.05, 0.1) is 24.8 Å². The lowest BCUT2D eigenvalue weighted by atomic mass is 9.94. The quantitative estimate of drug-likeness (QED) is 0.188. The van der Waals surface area contributed by atoms with E-state index in [0.29, 0.717) is 66.5 Å². The number of ether oxygens (including phenoxy) is 4. The van der Waals surface area contributed by atoms with Gasteiger partial charge in [0.15, 0.2) is 23.0 Å². The van der Waals surface area contributed by atoms with Crippen molar-refractivity contribution in [3.63, 3.8) is 0 Å². The number of rotatable bonds is 10. The Hall–Kier alpha value is -4.46. The summed E-state index contributed by atoms with van der Waals surface area (Å²) in [6.07, 6.45) is 0.889. The molecule has 3 aromatic rings. The molecule has 41 heavy (non-hydrogen) atoms. The fourth-order valence-corrected chi connectivity index (χ4v) is 5.00. The van der Waals surface area contributed by atoms with Gasteiger partial charge in [-0.25, -0.2) is 0 Å². The number of amides is 1. The molecule has 0 radical (unpaired) electrons. The molecule has 2 aliphatic heterocycles. The molecule has 5 rings (SSSR count). The fourth-order valence-electron chi connectivity index (χ4n) is 5.00. The highest BCUT2D eigenvalue weighted by atomic mass is 16.6. The van der Waals surface area contributed by atoms with Crippen LogP contribution in [-0.2, 0) is 16.1 Å². The Kier molecular flexibility index (Phi) is 8.47. The van der Waals surface area contributed by atoms with Gasteiger partial charge in [-0.05, 0) is 60.7 Å². The van der Waals surface area contributed by atoms with E-state index in [9.17, 15) is 14.7 Å². The van der Waals surface area contributed by atoms with Crippen molar-refractivity contribution >= 4 is 17.4 Å². The molecule has 214 valence electrons. The lowest BCUT2D eigenvalue weighted by Gasteiger charge is -2.26. The minimum atomic E-state index is -0.854. The van der Waals surface area contributed by atoms with E-state index in [-0.39, 0.29) is 17.9 Å². The van der Waals surface area contributed by atoms with Crippen molar-refractivity contribution in [1.82, 2.24) is 4.90 Å². The molecule has 0 bridgehead atoms. The average Bonchev–Trinajstić information content (AvgIpc) is 3.22. The largest absolute Gasteiger partial charge is 0.507 e. The first-order valence-corrected chi connectivity index (χ1v) is 14.0. The SMILES string of the molecule is CCOc1cc([C@@H]2C(=C(O)c3ccc4c(c3)OCCO4)C(=O)C(=O)N2Cc2ccccc2)ccc1OCCC(C)C. The van der Waals surface area contributed by atoms with Crippen LogP contribution in [0.1, 0.15) is 49.9 Å². The van der Waals surface area contributed by atoms with Crippen LogP contribution < -0.4 is 18.9 Å². The molecule has 1 N–H and O–H groups in total. The average molecular weight is 558 g/mol. The second-order valence-electron chi connectivity index (χ2n) is 10.4. The number of hydrogen-bond acceptors (Lipinski definition) is 7. The van der Waals surface area contributed by atoms with Crippen LogP contribution in [-0.4, -0.2) is 48.1 Å². The number of ketones is 1. The Bertz CT molecular complexity index is 1450. The van der Waals surface area contributed by atoms with E-state index < -0.39 is 17.7 Å². The molecule has 3 aromatic carbocycles. The predicted octanol–water partition coefficient (Wildman–Crippen LogP) is 5.90. The zero-order valence-electron chi connectivity index (χ0n) is 23.6. The highest BCUT2D eigenvalue weighted by molar-refractivity contribution is 6.46. The number of fused-ring (bicyclic) bond motifs is 1. The molecule has 0 spiro atoms. The van der Waals surface area contributed by atoms with Crippen LogP contribution in [0.15, 0.2) is 72.3 Å². The summed E-state index contributed by atoms with van der Waals surface area (Å²) < 4.78 is 23.2. The van der Waals surface area contributed by atoms with Gasteiger partial charge in [0.25, 0.3) is 11.7 Å². The van der Waals surface area contributed by atoms with Gasteiger partial charge in [0.2, 0.25) is 0 Å². The van der Waals surface area contributed by atoms with Crippen molar-refractivity contribution in [2.24, 2.45) is 5.92 Å². The molecule has 2 aliphatic rings. The van der Waals surface area contributed by atoms with E-state index in [1.54, 1.807) is 30.3 Å². The lowest BCUT2D eigenvalue weighted by Crippen LogP contribution is -2.29. The third-order valence-electron chi connectivity index (χ3n) is 7.09. The maximum atomic E-state index is 13.6. The van der Waals surface area contributed by atoms with Crippen LogP contribution in [0.3, 0.4) is 0 Å². The van der Waals surface area contributed by atoms with Crippen molar-refractivity contribution in [3.05, 3.63) is 89.0 Å². The number of hydrogen-bond donors (Lipinski definition) is 1. The van der Waals surface area contributed by atoms with Crippen LogP contribution in [0.4, 0.5) is 0 Å². The van der Waals surface area contributed by atoms with Gasteiger partial charge >= 0.3 is 0 Å². The summed E-state index contributed by atoms with van der Waals surface area (Å²) in [5.41, 5.74) is 1.84. The number of Topliss-reactive ketones (excluding diaryl/α,β-unsaturated/α-hetero) is 1. The van der Waals surface area contributed by atoms with E-state index in [1.807, 2.05) is 43.3 Å². The topological polar surface area (TPSA) is 94.5 Å². The van der Waals surface area contributed by atoms with E-state index in [4.69, 9.17) is 18.9 Å². The van der Waals surface area contributed by atoms with E-state index in [1.165, 1.54) is 4.90 Å². The third-order valence-corrected chi connectivity index (χ3v) is 7.09. The van der Waals surface area contributed by atoms with E-state index >= 15 is 0 Å². The molecule has 0 aliphatic carbocycles. The van der Waals surface area contributed by atoms with Crippen molar-refractivity contribution in [2.75, 3.05) is 26.4 Å². The first-order chi connectivity index (χ1) is 19.9. The Labute approximate surface area is 240 Å². The summed E-state index contributed by atoms with van der Waals surface area (Å²) in [6, 6.07) is 19.0. The molecule has 0 saturated carbocycles. The number of carbonyl (C=O) groups excluding carboxylic acids is 2. The highest BCUT2D eigenvalue weighted by Gasteiger charge is 2.46. The van der Waals surface area contributed by atoms with Gasteiger partial charge in [-0.1, -0.05) is 50.2 Å². The standard InChI is InChI=1S/C33H35NO7/c1-4-38-27-18-23(10-12-25(27)39-15-14-21(2)3)30-29(31(35)24-11-13-26-28(19-24)41-17-16-40-26)32(36)33(37)34(30)20-22-8-6-5-7-9-22/h5-13,18-19,21,30,35H,4,14-17,20H2,1-3H3/t30-/m1/s1. The number of aliphatic hydroxyl groups is 1. The Balaban J connectivity index is 1.60. The Morgan fingerprint density at radius 3 is 2.44 bits per heavy atom. The van der Waals surface area contributed by atoms with Crippen molar-refractivity contribution in [3.8, 4) is 23.0 Å². The molecule has 1 amide bonds. The molecule has 8 heteroatoms. The Morgan fingerprint density at radius 2 is 1.71 bits per heavy atom. The predicted molar refractivity (Wildman–Crippen MR) is 154 cm³/mol. The molecular weight excluding hydrogens is 522 g/mol. The molecule has 2 heterocycles. The van der Waals surface area contributed by atoms with Crippen LogP contribution in [0.5, 0.6) is 23.0 Å². The van der Waals surface area contributed by atoms with Crippen LogP contribution >= 0.6 is 0 Å². The minimum absolute atomic E-state index is 0.00136. The fraction of sp³-hybridized carbons (Fsp3) is 0.333. The second kappa shape index (κ2) is 12.4. The smallest absolute Gasteiger partial charge is 0.295 e. The summed E-state index contributed by atoms with van der Waals surface area (Å²) in [4.78, 5) is 28.5. The number of carbonyl (C=O) groups is 2.